The van der Waals surface area contributed by atoms with E-state index < -0.39 is 0 Å². The van der Waals surface area contributed by atoms with E-state index in [4.69, 9.17) is 4.74 Å². The van der Waals surface area contributed by atoms with Crippen LogP contribution in [0, 0.1) is 0 Å². The number of ketones is 1. The van der Waals surface area contributed by atoms with Crippen molar-refractivity contribution in [2.45, 2.75) is 19.3 Å². The van der Waals surface area contributed by atoms with Crippen LogP contribution < -0.4 is 4.74 Å². The molecule has 0 bridgehead atoms. The molecule has 3 heteroatoms. The normalized spacial score (nSPS) is 10.2. The Bertz CT molecular complexity index is 463. The number of thiophene rings is 1. The number of carbonyl (C=O) groups excluding carboxylic acids is 1. The lowest BCUT2D eigenvalue weighted by molar-refractivity contribution is -0.119. The Labute approximate surface area is 111 Å². The highest BCUT2D eigenvalue weighted by Crippen LogP contribution is 2.12. The zero-order valence-electron chi connectivity index (χ0n) is 10.2. The maximum absolute atomic E-state index is 11.7. The molecule has 18 heavy (non-hydrogen) atoms. The van der Waals surface area contributed by atoms with Crippen LogP contribution in [0.15, 0.2) is 47.8 Å². The summed E-state index contributed by atoms with van der Waals surface area (Å²) in [5.41, 5.74) is 0. The van der Waals surface area contributed by atoms with Crippen LogP contribution in [0.3, 0.4) is 0 Å². The van der Waals surface area contributed by atoms with Crippen molar-refractivity contribution in [1.29, 1.82) is 0 Å². The van der Waals surface area contributed by atoms with Crippen molar-refractivity contribution in [3.8, 4) is 5.75 Å². The first-order valence-electron chi connectivity index (χ1n) is 6.06. The molecule has 0 N–H and O–H groups in total. The van der Waals surface area contributed by atoms with Crippen molar-refractivity contribution in [2.75, 3.05) is 6.61 Å². The van der Waals surface area contributed by atoms with Crippen molar-refractivity contribution in [2.24, 2.45) is 0 Å². The molecule has 1 aromatic carbocycles. The molecule has 0 atom stereocenters. The first-order chi connectivity index (χ1) is 8.84. The lowest BCUT2D eigenvalue weighted by atomic mass is 10.1. The quantitative estimate of drug-likeness (QED) is 0.758. The average Bonchev–Trinajstić information content (AvgIpc) is 2.91. The van der Waals surface area contributed by atoms with E-state index in [2.05, 4.69) is 6.07 Å². The van der Waals surface area contributed by atoms with Gasteiger partial charge in [0.15, 0.2) is 0 Å². The molecule has 0 saturated carbocycles. The van der Waals surface area contributed by atoms with Crippen molar-refractivity contribution >= 4 is 17.1 Å². The molecule has 0 unspecified atom stereocenters. The maximum Gasteiger partial charge on any atom is 0.136 e. The molecule has 0 amide bonds. The summed E-state index contributed by atoms with van der Waals surface area (Å²) in [5, 5.41) is 2.04. The van der Waals surface area contributed by atoms with E-state index in [1.807, 2.05) is 41.8 Å². The highest BCUT2D eigenvalue weighted by atomic mass is 32.1. The fourth-order valence-electron chi connectivity index (χ4n) is 1.64. The average molecular weight is 260 g/mol. The lowest BCUT2D eigenvalue weighted by Crippen LogP contribution is -2.06. The van der Waals surface area contributed by atoms with Gasteiger partial charge in [-0.2, -0.15) is 0 Å². The van der Waals surface area contributed by atoms with E-state index in [0.717, 1.165) is 12.2 Å². The highest BCUT2D eigenvalue weighted by molar-refractivity contribution is 7.09. The third-order valence-corrected chi connectivity index (χ3v) is 3.56. The highest BCUT2D eigenvalue weighted by Gasteiger charge is 2.04. The first-order valence-corrected chi connectivity index (χ1v) is 6.94. The molecule has 1 heterocycles. The zero-order valence-corrected chi connectivity index (χ0v) is 11.0. The van der Waals surface area contributed by atoms with Crippen LogP contribution in [0.2, 0.25) is 0 Å². The van der Waals surface area contributed by atoms with Crippen molar-refractivity contribution < 1.29 is 9.53 Å². The van der Waals surface area contributed by atoms with Gasteiger partial charge in [-0.1, -0.05) is 24.3 Å². The molecule has 0 fully saturated rings. The van der Waals surface area contributed by atoms with E-state index in [-0.39, 0.29) is 5.78 Å². The minimum atomic E-state index is 0.263. The zero-order chi connectivity index (χ0) is 12.6. The topological polar surface area (TPSA) is 26.3 Å². The number of hydrogen-bond acceptors (Lipinski definition) is 3. The van der Waals surface area contributed by atoms with Crippen LogP contribution in [-0.2, 0) is 11.2 Å². The van der Waals surface area contributed by atoms with Crippen LogP contribution in [-0.4, -0.2) is 12.4 Å². The second kappa shape index (κ2) is 6.97. The Morgan fingerprint density at radius 3 is 2.61 bits per heavy atom. The maximum atomic E-state index is 11.7. The summed E-state index contributed by atoms with van der Waals surface area (Å²) in [7, 11) is 0. The monoisotopic (exact) mass is 260 g/mol. The third-order valence-electron chi connectivity index (χ3n) is 2.62. The Morgan fingerprint density at radius 2 is 1.89 bits per heavy atom. The molecule has 0 aliphatic carbocycles. The number of Topliss-reactive ketones (excluding diaryl/α,β-unsaturated/α-hetero) is 1. The second-order valence-electron chi connectivity index (χ2n) is 4.03. The Balaban J connectivity index is 1.63. The number of ether oxygens (including phenoxy) is 1. The second-order valence-corrected chi connectivity index (χ2v) is 5.06. The molecular formula is C15H16O2S. The SMILES string of the molecule is O=C(CCOc1ccccc1)CCc1cccs1. The molecular weight excluding hydrogens is 244 g/mol. The number of rotatable bonds is 7. The fraction of sp³-hybridized carbons (Fsp3) is 0.267. The summed E-state index contributed by atoms with van der Waals surface area (Å²) in [5.74, 6) is 1.09. The van der Waals surface area contributed by atoms with Gasteiger partial charge in [0.05, 0.1) is 6.61 Å². The minimum Gasteiger partial charge on any atom is -0.493 e. The molecule has 1 aromatic heterocycles. The van der Waals surface area contributed by atoms with Crippen molar-refractivity contribution in [3.63, 3.8) is 0 Å². The van der Waals surface area contributed by atoms with E-state index in [1.165, 1.54) is 4.88 Å². The van der Waals surface area contributed by atoms with Gasteiger partial charge in [0.25, 0.3) is 0 Å². The van der Waals surface area contributed by atoms with Crippen LogP contribution in [0.4, 0.5) is 0 Å². The largest absolute Gasteiger partial charge is 0.493 e. The van der Waals surface area contributed by atoms with Gasteiger partial charge in [-0.25, -0.2) is 0 Å². The van der Waals surface area contributed by atoms with Crippen LogP contribution >= 0.6 is 11.3 Å². The standard InChI is InChI=1S/C15H16O2S/c16-13(8-9-15-7-4-12-18-15)10-11-17-14-5-2-1-3-6-14/h1-7,12H,8-11H2. The van der Waals surface area contributed by atoms with Crippen LogP contribution in [0.25, 0.3) is 0 Å². The van der Waals surface area contributed by atoms with Gasteiger partial charge in [-0.3, -0.25) is 4.79 Å². The van der Waals surface area contributed by atoms with Gasteiger partial charge >= 0.3 is 0 Å². The van der Waals surface area contributed by atoms with Crippen LogP contribution in [0.5, 0.6) is 5.75 Å². The van der Waals surface area contributed by atoms with Crippen molar-refractivity contribution in [3.05, 3.63) is 52.7 Å². The lowest BCUT2D eigenvalue weighted by Gasteiger charge is -2.04. The molecule has 0 spiro atoms. The third kappa shape index (κ3) is 4.34. The van der Waals surface area contributed by atoms with Gasteiger partial charge in [0.2, 0.25) is 0 Å². The van der Waals surface area contributed by atoms with Gasteiger partial charge in [0.1, 0.15) is 11.5 Å². The summed E-state index contributed by atoms with van der Waals surface area (Å²) in [6.45, 7) is 0.466. The molecule has 0 aliphatic rings. The molecule has 2 nitrogen and oxygen atoms in total. The smallest absolute Gasteiger partial charge is 0.136 e. The molecule has 2 aromatic rings. The van der Waals surface area contributed by atoms with Gasteiger partial charge in [0, 0.05) is 17.7 Å². The predicted octanol–water partition coefficient (Wildman–Crippen LogP) is 3.72. The van der Waals surface area contributed by atoms with Crippen LogP contribution in [0.1, 0.15) is 17.7 Å². The van der Waals surface area contributed by atoms with Gasteiger partial charge in [-0.05, 0) is 30.0 Å². The van der Waals surface area contributed by atoms with E-state index in [1.54, 1.807) is 11.3 Å². The number of aryl methyl sites for hydroxylation is 1. The Morgan fingerprint density at radius 1 is 1.06 bits per heavy atom. The number of para-hydroxylation sites is 1. The summed E-state index contributed by atoms with van der Waals surface area (Å²) in [6.07, 6.45) is 1.95. The fourth-order valence-corrected chi connectivity index (χ4v) is 2.35. The molecule has 2 rings (SSSR count). The molecule has 0 radical (unpaired) electrons. The summed E-state index contributed by atoms with van der Waals surface area (Å²) < 4.78 is 5.50. The predicted molar refractivity (Wildman–Crippen MR) is 74.2 cm³/mol. The summed E-state index contributed by atoms with van der Waals surface area (Å²) >= 11 is 1.70. The summed E-state index contributed by atoms with van der Waals surface area (Å²) in [4.78, 5) is 12.9. The molecule has 94 valence electrons. The molecule has 0 aliphatic heterocycles. The number of hydrogen-bond donors (Lipinski definition) is 0. The van der Waals surface area contributed by atoms with Gasteiger partial charge < -0.3 is 4.74 Å². The van der Waals surface area contributed by atoms with E-state index >= 15 is 0 Å². The van der Waals surface area contributed by atoms with Gasteiger partial charge in [-0.15, -0.1) is 11.3 Å². The van der Waals surface area contributed by atoms with Crippen molar-refractivity contribution in [1.82, 2.24) is 0 Å². The van der Waals surface area contributed by atoms with E-state index in [9.17, 15) is 4.79 Å². The summed E-state index contributed by atoms with van der Waals surface area (Å²) in [6, 6.07) is 13.7. The Hall–Kier alpha value is -1.61. The Kier molecular flexibility index (Phi) is 4.97. The van der Waals surface area contributed by atoms with E-state index in [0.29, 0.717) is 19.4 Å². The number of carbonyl (C=O) groups is 1. The minimum absolute atomic E-state index is 0.263. The number of benzene rings is 1. The molecule has 0 saturated heterocycles. The first kappa shape index (κ1) is 12.8.